The Balaban J connectivity index is 1.25. The maximum absolute atomic E-state index is 12.2. The minimum atomic E-state index is -0.449. The number of hydrogen-bond donors (Lipinski definition) is 0. The highest BCUT2D eigenvalue weighted by atomic mass is 16.6. The third-order valence-electron chi connectivity index (χ3n) is 5.42. The molecule has 0 aliphatic carbocycles. The molecule has 28 heavy (non-hydrogen) atoms. The van der Waals surface area contributed by atoms with Crippen molar-refractivity contribution in [2.24, 2.45) is 0 Å². The van der Waals surface area contributed by atoms with E-state index in [-0.39, 0.29) is 12.1 Å². The molecule has 7 nitrogen and oxygen atoms in total. The Morgan fingerprint density at radius 3 is 2.54 bits per heavy atom. The predicted octanol–water partition coefficient (Wildman–Crippen LogP) is 3.20. The summed E-state index contributed by atoms with van der Waals surface area (Å²) >= 11 is 0. The molecule has 2 fully saturated rings. The first-order valence-corrected chi connectivity index (χ1v) is 9.55. The number of hydrogen-bond acceptors (Lipinski definition) is 5. The van der Waals surface area contributed by atoms with Crippen LogP contribution < -0.4 is 4.90 Å². The van der Waals surface area contributed by atoms with Gasteiger partial charge in [0.2, 0.25) is 0 Å². The molecule has 0 spiro atoms. The molecule has 0 bridgehead atoms. The van der Waals surface area contributed by atoms with E-state index in [2.05, 4.69) is 39.2 Å². The highest BCUT2D eigenvalue weighted by molar-refractivity contribution is 5.73. The zero-order valence-corrected chi connectivity index (χ0v) is 16.2. The van der Waals surface area contributed by atoms with Crippen LogP contribution in [0.25, 0.3) is 16.8 Å². The molecule has 1 unspecified atom stereocenters. The van der Waals surface area contributed by atoms with Crippen molar-refractivity contribution in [2.45, 2.75) is 38.5 Å². The lowest BCUT2D eigenvalue weighted by molar-refractivity contribution is -0.0309. The van der Waals surface area contributed by atoms with Gasteiger partial charge in [-0.25, -0.2) is 14.3 Å². The molecule has 2 aliphatic heterocycles. The number of nitrogens with zero attached hydrogens (tertiary/aromatic N) is 5. The van der Waals surface area contributed by atoms with E-state index >= 15 is 0 Å². The van der Waals surface area contributed by atoms with Gasteiger partial charge in [0.05, 0.1) is 18.3 Å². The Bertz CT molecular complexity index is 1040. The van der Waals surface area contributed by atoms with Gasteiger partial charge in [-0.3, -0.25) is 4.90 Å². The summed E-state index contributed by atoms with van der Waals surface area (Å²) in [5, 5.41) is 4.25. The normalized spacial score (nSPS) is 21.1. The standard InChI is InChI=1S/C21H23N5O2/c1-21(2,3)28-20(27)25-13-17-18(25)12-24(17)16-6-4-14(5-7-16)15-10-22-19-8-9-23-26(19)11-15/h4-11,17-18H,12-13H2,1-3H3/t17?,18-/m1/s1. The average molecular weight is 377 g/mol. The number of aromatic nitrogens is 3. The lowest BCUT2D eigenvalue weighted by Gasteiger charge is -2.62. The van der Waals surface area contributed by atoms with E-state index < -0.39 is 5.60 Å². The van der Waals surface area contributed by atoms with Crippen LogP contribution in [-0.4, -0.2) is 56.4 Å². The molecule has 1 aromatic carbocycles. The monoisotopic (exact) mass is 377 g/mol. The lowest BCUT2D eigenvalue weighted by Crippen LogP contribution is -2.80. The number of carbonyl (C=O) groups is 1. The molecule has 7 heteroatoms. The summed E-state index contributed by atoms with van der Waals surface area (Å²) in [5.41, 5.74) is 3.71. The van der Waals surface area contributed by atoms with E-state index in [1.807, 2.05) is 44.1 Å². The molecule has 144 valence electrons. The zero-order valence-electron chi connectivity index (χ0n) is 16.2. The maximum atomic E-state index is 12.2. The maximum Gasteiger partial charge on any atom is 0.410 e. The van der Waals surface area contributed by atoms with Gasteiger partial charge < -0.3 is 9.64 Å². The topological polar surface area (TPSA) is 63.0 Å². The number of likely N-dealkylation sites (tertiary alicyclic amines) is 1. The molecule has 2 aromatic heterocycles. The number of carbonyl (C=O) groups excluding carboxylic acids is 1. The summed E-state index contributed by atoms with van der Waals surface area (Å²) in [7, 11) is 0. The number of amides is 1. The summed E-state index contributed by atoms with van der Waals surface area (Å²) in [6.45, 7) is 7.27. The molecule has 0 saturated carbocycles. The first-order chi connectivity index (χ1) is 13.4. The quantitative estimate of drug-likeness (QED) is 0.686. The molecule has 2 saturated heterocycles. The molecular formula is C21H23N5O2. The Kier molecular flexibility index (Phi) is 3.62. The smallest absolute Gasteiger partial charge is 0.410 e. The van der Waals surface area contributed by atoms with Gasteiger partial charge in [0.1, 0.15) is 5.60 Å². The molecular weight excluding hydrogens is 354 g/mol. The molecule has 5 rings (SSSR count). The van der Waals surface area contributed by atoms with Crippen molar-refractivity contribution >= 4 is 17.4 Å². The summed E-state index contributed by atoms with van der Waals surface area (Å²) in [4.78, 5) is 20.8. The second-order valence-electron chi connectivity index (χ2n) is 8.44. The summed E-state index contributed by atoms with van der Waals surface area (Å²) in [6.07, 6.45) is 5.40. The minimum Gasteiger partial charge on any atom is -0.444 e. The van der Waals surface area contributed by atoms with Gasteiger partial charge >= 0.3 is 6.09 Å². The van der Waals surface area contributed by atoms with Gasteiger partial charge in [0.25, 0.3) is 0 Å². The van der Waals surface area contributed by atoms with Gasteiger partial charge in [0.15, 0.2) is 5.65 Å². The highest BCUT2D eigenvalue weighted by Crippen LogP contribution is 2.38. The second kappa shape index (κ2) is 5.95. The Morgan fingerprint density at radius 1 is 1.07 bits per heavy atom. The SMILES string of the molecule is CC(C)(C)OC(=O)N1CC2[C@H]1CN2c1ccc(-c2cnc3ccnn3c2)cc1. The zero-order chi connectivity index (χ0) is 19.5. The van der Waals surface area contributed by atoms with Gasteiger partial charge in [-0.1, -0.05) is 12.1 Å². The summed E-state index contributed by atoms with van der Waals surface area (Å²) in [6, 6.07) is 11.0. The fraction of sp³-hybridized carbons (Fsp3) is 0.381. The van der Waals surface area contributed by atoms with E-state index in [0.717, 1.165) is 29.9 Å². The number of ether oxygens (including phenoxy) is 1. The fourth-order valence-electron chi connectivity index (χ4n) is 3.89. The molecule has 0 radical (unpaired) electrons. The van der Waals surface area contributed by atoms with Crippen molar-refractivity contribution in [3.63, 3.8) is 0 Å². The molecule has 4 heterocycles. The summed E-state index contributed by atoms with van der Waals surface area (Å²) in [5.74, 6) is 0. The third-order valence-corrected chi connectivity index (χ3v) is 5.42. The van der Waals surface area contributed by atoms with Crippen molar-refractivity contribution in [3.8, 4) is 11.1 Å². The lowest BCUT2D eigenvalue weighted by atomic mass is 9.85. The van der Waals surface area contributed by atoms with Crippen molar-refractivity contribution < 1.29 is 9.53 Å². The Morgan fingerprint density at radius 2 is 1.86 bits per heavy atom. The van der Waals surface area contributed by atoms with Gasteiger partial charge in [0, 0.05) is 42.8 Å². The van der Waals surface area contributed by atoms with Crippen LogP contribution in [0.3, 0.4) is 0 Å². The fourth-order valence-corrected chi connectivity index (χ4v) is 3.89. The van der Waals surface area contributed by atoms with Crippen molar-refractivity contribution in [3.05, 3.63) is 48.9 Å². The first-order valence-electron chi connectivity index (χ1n) is 9.55. The first kappa shape index (κ1) is 17.0. The van der Waals surface area contributed by atoms with Crippen molar-refractivity contribution in [1.82, 2.24) is 19.5 Å². The van der Waals surface area contributed by atoms with Crippen LogP contribution in [0, 0.1) is 0 Å². The molecule has 0 N–H and O–H groups in total. The van der Waals surface area contributed by atoms with Crippen LogP contribution in [0.4, 0.5) is 10.5 Å². The largest absolute Gasteiger partial charge is 0.444 e. The van der Waals surface area contributed by atoms with Gasteiger partial charge in [-0.05, 0) is 38.5 Å². The predicted molar refractivity (Wildman–Crippen MR) is 106 cm³/mol. The van der Waals surface area contributed by atoms with Crippen molar-refractivity contribution in [1.29, 1.82) is 0 Å². The Labute approximate surface area is 163 Å². The van der Waals surface area contributed by atoms with E-state index in [4.69, 9.17) is 4.74 Å². The number of benzene rings is 1. The number of anilines is 1. The number of piperazine rings is 1. The second-order valence-corrected chi connectivity index (χ2v) is 8.44. The van der Waals surface area contributed by atoms with E-state index in [1.165, 1.54) is 5.69 Å². The van der Waals surface area contributed by atoms with Gasteiger partial charge in [-0.15, -0.1) is 0 Å². The molecule has 3 aromatic rings. The Hall–Kier alpha value is -3.09. The van der Waals surface area contributed by atoms with Gasteiger partial charge in [-0.2, -0.15) is 5.10 Å². The van der Waals surface area contributed by atoms with Crippen molar-refractivity contribution in [2.75, 3.05) is 18.0 Å². The van der Waals surface area contributed by atoms with E-state index in [9.17, 15) is 4.79 Å². The van der Waals surface area contributed by atoms with E-state index in [1.54, 1.807) is 10.7 Å². The third kappa shape index (κ3) is 2.78. The van der Waals surface area contributed by atoms with Crippen LogP contribution >= 0.6 is 0 Å². The molecule has 2 aliphatic rings. The van der Waals surface area contributed by atoms with Crippen LogP contribution in [0.1, 0.15) is 20.8 Å². The highest BCUT2D eigenvalue weighted by Gasteiger charge is 2.54. The van der Waals surface area contributed by atoms with Crippen LogP contribution in [0.5, 0.6) is 0 Å². The number of rotatable bonds is 2. The molecule has 2 atom stereocenters. The number of fused-ring (bicyclic) bond motifs is 2. The van der Waals surface area contributed by atoms with Crippen LogP contribution in [-0.2, 0) is 4.74 Å². The van der Waals surface area contributed by atoms with E-state index in [0.29, 0.717) is 6.04 Å². The average Bonchev–Trinajstić information content (AvgIpc) is 3.10. The summed E-state index contributed by atoms with van der Waals surface area (Å²) < 4.78 is 7.26. The molecule has 1 amide bonds. The minimum absolute atomic E-state index is 0.203. The van der Waals surface area contributed by atoms with Crippen LogP contribution in [0.15, 0.2) is 48.9 Å². The van der Waals surface area contributed by atoms with Crippen LogP contribution in [0.2, 0.25) is 0 Å².